The molecule has 0 saturated carbocycles. The van der Waals surface area contributed by atoms with Crippen LogP contribution in [0.5, 0.6) is 0 Å². The Hall–Kier alpha value is -2.27. The number of aliphatic carboxylic acids is 1. The Morgan fingerprint density at radius 1 is 1.32 bits per heavy atom. The maximum absolute atomic E-state index is 11.1. The van der Waals surface area contributed by atoms with Crippen LogP contribution in [0.2, 0.25) is 0 Å². The number of hydrogen-bond acceptors (Lipinski definition) is 4. The lowest BCUT2D eigenvalue weighted by molar-refractivity contribution is -0.139. The topological polar surface area (TPSA) is 75.1 Å². The summed E-state index contributed by atoms with van der Waals surface area (Å²) in [4.78, 5) is 19.5. The first-order valence-corrected chi connectivity index (χ1v) is 5.92. The van der Waals surface area contributed by atoms with Crippen molar-refractivity contribution in [2.75, 3.05) is 7.05 Å². The van der Waals surface area contributed by atoms with Crippen molar-refractivity contribution in [1.82, 2.24) is 15.3 Å². The van der Waals surface area contributed by atoms with Crippen LogP contribution in [0.1, 0.15) is 17.4 Å². The van der Waals surface area contributed by atoms with E-state index in [1.807, 2.05) is 31.2 Å². The second-order valence-corrected chi connectivity index (χ2v) is 4.17. The Balaban J connectivity index is 2.45. The molecule has 1 aromatic heterocycles. The van der Waals surface area contributed by atoms with Gasteiger partial charge in [-0.1, -0.05) is 24.3 Å². The predicted molar refractivity (Wildman–Crippen MR) is 71.6 cm³/mol. The van der Waals surface area contributed by atoms with Crippen LogP contribution in [-0.2, 0) is 4.79 Å². The van der Waals surface area contributed by atoms with Crippen LogP contribution in [0.25, 0.3) is 11.3 Å². The normalized spacial score (nSPS) is 12.1. The largest absolute Gasteiger partial charge is 0.480 e. The van der Waals surface area contributed by atoms with Gasteiger partial charge in [0.05, 0.1) is 5.69 Å². The molecular formula is C14H15N3O2. The van der Waals surface area contributed by atoms with Gasteiger partial charge in [-0.05, 0) is 25.6 Å². The van der Waals surface area contributed by atoms with Crippen molar-refractivity contribution in [1.29, 1.82) is 0 Å². The molecule has 1 atom stereocenters. The number of nitrogens with zero attached hydrogens (tertiary/aromatic N) is 2. The van der Waals surface area contributed by atoms with E-state index in [0.717, 1.165) is 16.8 Å². The highest BCUT2D eigenvalue weighted by Crippen LogP contribution is 2.21. The summed E-state index contributed by atoms with van der Waals surface area (Å²) in [5.74, 6) is -0.736. The van der Waals surface area contributed by atoms with Crippen molar-refractivity contribution in [2.45, 2.75) is 13.0 Å². The van der Waals surface area contributed by atoms with E-state index in [1.54, 1.807) is 19.3 Å². The molecule has 0 bridgehead atoms. The fourth-order valence-corrected chi connectivity index (χ4v) is 1.89. The summed E-state index contributed by atoms with van der Waals surface area (Å²) in [6.07, 6.45) is 1.58. The lowest BCUT2D eigenvalue weighted by atomic mass is 10.1. The van der Waals surface area contributed by atoms with Crippen molar-refractivity contribution in [3.63, 3.8) is 0 Å². The molecule has 98 valence electrons. The summed E-state index contributed by atoms with van der Waals surface area (Å²) in [5.41, 5.74) is 2.79. The summed E-state index contributed by atoms with van der Waals surface area (Å²) in [5, 5.41) is 11.8. The fraction of sp³-hybridized carbons (Fsp3) is 0.214. The minimum Gasteiger partial charge on any atom is -0.480 e. The van der Waals surface area contributed by atoms with Crippen LogP contribution in [0, 0.1) is 6.92 Å². The molecule has 0 amide bonds. The predicted octanol–water partition coefficient (Wildman–Crippen LogP) is 1.80. The summed E-state index contributed by atoms with van der Waals surface area (Å²) in [7, 11) is 1.57. The Morgan fingerprint density at radius 2 is 2.05 bits per heavy atom. The summed E-state index contributed by atoms with van der Waals surface area (Å²) in [6, 6.07) is 8.70. The lowest BCUT2D eigenvalue weighted by Gasteiger charge is -2.11. The third kappa shape index (κ3) is 2.77. The van der Waals surface area contributed by atoms with Crippen LogP contribution in [0.3, 0.4) is 0 Å². The van der Waals surface area contributed by atoms with Crippen LogP contribution in [-0.4, -0.2) is 28.1 Å². The minimum atomic E-state index is -0.996. The third-order valence-electron chi connectivity index (χ3n) is 2.89. The number of likely N-dealkylation sites (N-methyl/N-ethyl adjacent to an activating group) is 1. The second kappa shape index (κ2) is 5.58. The van der Waals surface area contributed by atoms with E-state index >= 15 is 0 Å². The first-order valence-electron chi connectivity index (χ1n) is 5.92. The van der Waals surface area contributed by atoms with E-state index < -0.39 is 12.0 Å². The van der Waals surface area contributed by atoms with Gasteiger partial charge in [-0.2, -0.15) is 0 Å². The van der Waals surface area contributed by atoms with E-state index in [-0.39, 0.29) is 5.82 Å². The summed E-state index contributed by atoms with van der Waals surface area (Å²) < 4.78 is 0. The van der Waals surface area contributed by atoms with E-state index in [0.29, 0.717) is 0 Å². The van der Waals surface area contributed by atoms with Gasteiger partial charge in [0.1, 0.15) is 0 Å². The highest BCUT2D eigenvalue weighted by atomic mass is 16.4. The third-order valence-corrected chi connectivity index (χ3v) is 2.89. The average Bonchev–Trinajstić information content (AvgIpc) is 2.40. The van der Waals surface area contributed by atoms with Crippen molar-refractivity contribution in [3.05, 3.63) is 47.9 Å². The number of aryl methyl sites for hydroxylation is 1. The molecule has 1 heterocycles. The molecule has 0 spiro atoms. The molecule has 19 heavy (non-hydrogen) atoms. The number of carbonyl (C=O) groups is 1. The van der Waals surface area contributed by atoms with E-state index in [1.165, 1.54) is 0 Å². The van der Waals surface area contributed by atoms with Gasteiger partial charge < -0.3 is 10.4 Å². The number of carboxylic acids is 1. The SMILES string of the molecule is CNC(C(=O)O)c1nccc(-c2ccccc2C)n1. The van der Waals surface area contributed by atoms with Gasteiger partial charge >= 0.3 is 5.97 Å². The van der Waals surface area contributed by atoms with E-state index in [9.17, 15) is 4.79 Å². The molecule has 0 saturated heterocycles. The van der Waals surface area contributed by atoms with Gasteiger partial charge in [0.15, 0.2) is 11.9 Å². The zero-order valence-corrected chi connectivity index (χ0v) is 10.8. The van der Waals surface area contributed by atoms with Crippen LogP contribution in [0.15, 0.2) is 36.5 Å². The van der Waals surface area contributed by atoms with Crippen LogP contribution < -0.4 is 5.32 Å². The molecule has 2 rings (SSSR count). The Morgan fingerprint density at radius 3 is 2.68 bits per heavy atom. The van der Waals surface area contributed by atoms with Crippen molar-refractivity contribution < 1.29 is 9.90 Å². The number of nitrogens with one attached hydrogen (secondary N) is 1. The Kier molecular flexibility index (Phi) is 3.87. The molecule has 5 nitrogen and oxygen atoms in total. The minimum absolute atomic E-state index is 0.260. The van der Waals surface area contributed by atoms with E-state index in [2.05, 4.69) is 15.3 Å². The monoisotopic (exact) mass is 257 g/mol. The molecule has 2 N–H and O–H groups in total. The average molecular weight is 257 g/mol. The second-order valence-electron chi connectivity index (χ2n) is 4.17. The zero-order valence-electron chi connectivity index (χ0n) is 10.8. The number of carboxylic acid groups (broad SMARTS) is 1. The maximum Gasteiger partial charge on any atom is 0.328 e. The lowest BCUT2D eigenvalue weighted by Crippen LogP contribution is -2.27. The molecule has 2 aromatic rings. The van der Waals surface area contributed by atoms with Gasteiger partial charge in [-0.3, -0.25) is 4.79 Å². The molecule has 1 unspecified atom stereocenters. The molecule has 0 aliphatic rings. The van der Waals surface area contributed by atoms with Crippen LogP contribution >= 0.6 is 0 Å². The highest BCUT2D eigenvalue weighted by Gasteiger charge is 2.20. The quantitative estimate of drug-likeness (QED) is 0.873. The van der Waals surface area contributed by atoms with Gasteiger partial charge in [-0.15, -0.1) is 0 Å². The first-order chi connectivity index (χ1) is 9.13. The number of hydrogen-bond donors (Lipinski definition) is 2. The fourth-order valence-electron chi connectivity index (χ4n) is 1.89. The van der Waals surface area contributed by atoms with Gasteiger partial charge in [-0.25, -0.2) is 9.97 Å². The van der Waals surface area contributed by atoms with Crippen LogP contribution in [0.4, 0.5) is 0 Å². The molecule has 1 aromatic carbocycles. The van der Waals surface area contributed by atoms with Crippen molar-refractivity contribution in [2.24, 2.45) is 0 Å². The molecular weight excluding hydrogens is 242 g/mol. The summed E-state index contributed by atoms with van der Waals surface area (Å²) in [6.45, 7) is 1.99. The van der Waals surface area contributed by atoms with Gasteiger partial charge in [0.2, 0.25) is 0 Å². The number of rotatable bonds is 4. The molecule has 0 aliphatic carbocycles. The van der Waals surface area contributed by atoms with Gasteiger partial charge in [0, 0.05) is 11.8 Å². The van der Waals surface area contributed by atoms with Crippen molar-refractivity contribution in [3.8, 4) is 11.3 Å². The first kappa shape index (κ1) is 13.2. The zero-order chi connectivity index (χ0) is 13.8. The van der Waals surface area contributed by atoms with Crippen molar-refractivity contribution >= 4 is 5.97 Å². The molecule has 5 heteroatoms. The molecule has 0 fully saturated rings. The van der Waals surface area contributed by atoms with E-state index in [4.69, 9.17) is 5.11 Å². The number of benzene rings is 1. The Labute approximate surface area is 111 Å². The highest BCUT2D eigenvalue weighted by molar-refractivity contribution is 5.74. The summed E-state index contributed by atoms with van der Waals surface area (Å²) >= 11 is 0. The van der Waals surface area contributed by atoms with Gasteiger partial charge in [0.25, 0.3) is 0 Å². The number of aromatic nitrogens is 2. The molecule has 0 radical (unpaired) electrons. The standard InChI is InChI=1S/C14H15N3O2/c1-9-5-3-4-6-10(9)11-7-8-16-13(17-11)12(15-2)14(18)19/h3-8,12,15H,1-2H3,(H,18,19). The maximum atomic E-state index is 11.1. The molecule has 0 aliphatic heterocycles. The smallest absolute Gasteiger partial charge is 0.328 e. The Bertz CT molecular complexity index is 599.